The quantitative estimate of drug-likeness (QED) is 0.139. The zero-order valence-electron chi connectivity index (χ0n) is 36.1. The van der Waals surface area contributed by atoms with Crippen LogP contribution in [0.15, 0.2) is 249 Å². The summed E-state index contributed by atoms with van der Waals surface area (Å²) >= 11 is 0. The first-order valence-corrected chi connectivity index (χ1v) is 22.2. The van der Waals surface area contributed by atoms with Crippen molar-refractivity contribution in [3.8, 4) is 44.5 Å². The number of nitrogens with one attached hydrogen (secondary N) is 1. The Labute approximate surface area is 382 Å². The molecule has 65 heavy (non-hydrogen) atoms. The van der Waals surface area contributed by atoms with Gasteiger partial charge in [-0.05, 0) is 136 Å². The Kier molecular flexibility index (Phi) is 10.6. The SMILES string of the molecule is Cc1cc(-c2cc(N(c3ccccc3)c3ccccc3)ccc2Nc2ccc(-c3ccccc3)cc2)c2c(c1)N(c1ccc(-c3ccccc3)cc1)c1ccc(-c3ccccc3)cc1[B]2. The van der Waals surface area contributed by atoms with Crippen LogP contribution in [0.2, 0.25) is 0 Å². The third-order valence-corrected chi connectivity index (χ3v) is 12.3. The molecule has 0 saturated carbocycles. The molecule has 1 aliphatic heterocycles. The molecule has 0 bridgehead atoms. The third-order valence-electron chi connectivity index (χ3n) is 12.3. The van der Waals surface area contributed by atoms with Crippen molar-refractivity contribution in [1.29, 1.82) is 0 Å². The van der Waals surface area contributed by atoms with E-state index in [9.17, 15) is 0 Å². The molecule has 1 N–H and O–H groups in total. The van der Waals surface area contributed by atoms with Crippen LogP contribution in [0.25, 0.3) is 44.5 Å². The van der Waals surface area contributed by atoms with Crippen molar-refractivity contribution >= 4 is 63.7 Å². The molecule has 10 aromatic rings. The first-order valence-electron chi connectivity index (χ1n) is 22.2. The Bertz CT molecular complexity index is 3190. The van der Waals surface area contributed by atoms with E-state index in [1.54, 1.807) is 0 Å². The summed E-state index contributed by atoms with van der Waals surface area (Å²) < 4.78 is 0. The summed E-state index contributed by atoms with van der Waals surface area (Å²) in [5.41, 5.74) is 21.6. The van der Waals surface area contributed by atoms with E-state index in [1.807, 2.05) is 0 Å². The fourth-order valence-electron chi connectivity index (χ4n) is 9.16. The van der Waals surface area contributed by atoms with Gasteiger partial charge in [-0.1, -0.05) is 175 Å². The molecule has 1 radical (unpaired) electrons. The van der Waals surface area contributed by atoms with Crippen LogP contribution in [0, 0.1) is 6.92 Å². The van der Waals surface area contributed by atoms with Crippen LogP contribution < -0.4 is 26.0 Å². The van der Waals surface area contributed by atoms with Gasteiger partial charge in [-0.3, -0.25) is 0 Å². The molecule has 0 saturated heterocycles. The normalized spacial score (nSPS) is 11.6. The summed E-state index contributed by atoms with van der Waals surface area (Å²) in [6, 6.07) is 89.3. The summed E-state index contributed by atoms with van der Waals surface area (Å²) in [5, 5.41) is 3.89. The predicted molar refractivity (Wildman–Crippen MR) is 277 cm³/mol. The first-order chi connectivity index (χ1) is 32.1. The largest absolute Gasteiger partial charge is 0.355 e. The minimum atomic E-state index is 1.02. The van der Waals surface area contributed by atoms with Crippen molar-refractivity contribution in [3.63, 3.8) is 0 Å². The van der Waals surface area contributed by atoms with Gasteiger partial charge in [0.15, 0.2) is 7.28 Å². The van der Waals surface area contributed by atoms with Crippen LogP contribution in [0.4, 0.5) is 45.5 Å². The number of anilines is 8. The Morgan fingerprint density at radius 1 is 0.385 bits per heavy atom. The molecule has 4 heteroatoms. The maximum atomic E-state index is 3.89. The number of benzene rings is 10. The Balaban J connectivity index is 1.10. The number of nitrogens with zero attached hydrogens (tertiary/aromatic N) is 2. The Morgan fingerprint density at radius 3 is 1.45 bits per heavy atom. The molecule has 0 unspecified atom stereocenters. The molecule has 0 aliphatic carbocycles. The number of aryl methyl sites for hydroxylation is 1. The molecule has 1 heterocycles. The highest BCUT2D eigenvalue weighted by atomic mass is 15.2. The second-order valence-electron chi connectivity index (χ2n) is 16.6. The molecule has 0 atom stereocenters. The summed E-state index contributed by atoms with van der Waals surface area (Å²) in [5.74, 6) is 0. The van der Waals surface area contributed by atoms with Crippen LogP contribution in [-0.2, 0) is 0 Å². The monoisotopic (exact) mass is 830 g/mol. The molecule has 0 aromatic heterocycles. The highest BCUT2D eigenvalue weighted by Gasteiger charge is 2.29. The van der Waals surface area contributed by atoms with E-state index in [1.165, 1.54) is 38.9 Å². The molecule has 0 spiro atoms. The van der Waals surface area contributed by atoms with E-state index in [4.69, 9.17) is 0 Å². The lowest BCUT2D eigenvalue weighted by Gasteiger charge is -2.36. The second kappa shape index (κ2) is 17.4. The minimum absolute atomic E-state index is 1.02. The topological polar surface area (TPSA) is 18.5 Å². The number of hydrogen-bond donors (Lipinski definition) is 1. The summed E-state index contributed by atoms with van der Waals surface area (Å²) in [4.78, 5) is 4.79. The lowest BCUT2D eigenvalue weighted by molar-refractivity contribution is 1.28. The van der Waals surface area contributed by atoms with Crippen LogP contribution in [0.3, 0.4) is 0 Å². The summed E-state index contributed by atoms with van der Waals surface area (Å²) in [7, 11) is 2.40. The lowest BCUT2D eigenvalue weighted by atomic mass is 9.57. The van der Waals surface area contributed by atoms with E-state index in [0.29, 0.717) is 0 Å². The maximum Gasteiger partial charge on any atom is 0.197 e. The average Bonchev–Trinajstić information content (AvgIpc) is 3.37. The standard InChI is InChI=1S/C61H45BN3/c1-43-39-56(61-60(40-43)65(53-34-29-48(30-35-53)45-19-9-3-10-20-45)59-38-31-49(41-57(59)62-61)46-21-11-4-12-22-46)55-42-54(64(51-23-13-5-14-24-51)52-25-15-6-16-26-52)36-37-58(55)63-50-32-27-47(28-33-50)44-17-7-2-8-18-44/h2-42,63H,1H3. The first kappa shape index (κ1) is 39.5. The van der Waals surface area contributed by atoms with Gasteiger partial charge in [-0.25, -0.2) is 0 Å². The van der Waals surface area contributed by atoms with Crippen molar-refractivity contribution in [2.45, 2.75) is 6.92 Å². The Morgan fingerprint density at radius 2 is 0.877 bits per heavy atom. The maximum absolute atomic E-state index is 3.89. The van der Waals surface area contributed by atoms with Gasteiger partial charge in [-0.2, -0.15) is 0 Å². The Hall–Kier alpha value is -8.34. The van der Waals surface area contributed by atoms with Gasteiger partial charge in [-0.15, -0.1) is 0 Å². The van der Waals surface area contributed by atoms with Gasteiger partial charge >= 0.3 is 0 Å². The van der Waals surface area contributed by atoms with Gasteiger partial charge in [0, 0.05) is 51.1 Å². The van der Waals surface area contributed by atoms with Crippen molar-refractivity contribution in [3.05, 3.63) is 254 Å². The van der Waals surface area contributed by atoms with Gasteiger partial charge in [0.05, 0.1) is 0 Å². The van der Waals surface area contributed by atoms with Crippen molar-refractivity contribution in [2.75, 3.05) is 15.1 Å². The fraction of sp³-hybridized carbons (Fsp3) is 0.0164. The molecule has 11 rings (SSSR count). The molecule has 0 fully saturated rings. The summed E-state index contributed by atoms with van der Waals surface area (Å²) in [6.45, 7) is 2.22. The minimum Gasteiger partial charge on any atom is -0.355 e. The number of fused-ring (bicyclic) bond motifs is 2. The van der Waals surface area contributed by atoms with Crippen LogP contribution >= 0.6 is 0 Å². The van der Waals surface area contributed by atoms with Crippen molar-refractivity contribution < 1.29 is 0 Å². The molecule has 1 aliphatic rings. The van der Waals surface area contributed by atoms with Gasteiger partial charge in [0.25, 0.3) is 0 Å². The molecule has 10 aromatic carbocycles. The predicted octanol–water partition coefficient (Wildman–Crippen LogP) is 15.3. The van der Waals surface area contributed by atoms with Crippen molar-refractivity contribution in [1.82, 2.24) is 0 Å². The molecule has 3 nitrogen and oxygen atoms in total. The van der Waals surface area contributed by atoms with Gasteiger partial charge in [0.2, 0.25) is 0 Å². The van der Waals surface area contributed by atoms with Crippen molar-refractivity contribution in [2.24, 2.45) is 0 Å². The van der Waals surface area contributed by atoms with Crippen LogP contribution in [0.5, 0.6) is 0 Å². The van der Waals surface area contributed by atoms with E-state index in [0.717, 1.165) is 67.6 Å². The van der Waals surface area contributed by atoms with E-state index < -0.39 is 0 Å². The second-order valence-corrected chi connectivity index (χ2v) is 16.6. The molecular weight excluding hydrogens is 786 g/mol. The average molecular weight is 831 g/mol. The number of para-hydroxylation sites is 2. The number of rotatable bonds is 10. The highest BCUT2D eigenvalue weighted by molar-refractivity contribution is 6.73. The van der Waals surface area contributed by atoms with Gasteiger partial charge < -0.3 is 15.1 Å². The van der Waals surface area contributed by atoms with E-state index >= 15 is 0 Å². The van der Waals surface area contributed by atoms with E-state index in [-0.39, 0.29) is 0 Å². The fourth-order valence-corrected chi connectivity index (χ4v) is 9.16. The highest BCUT2D eigenvalue weighted by Crippen LogP contribution is 2.44. The number of hydrogen-bond acceptors (Lipinski definition) is 3. The zero-order chi connectivity index (χ0) is 43.5. The third kappa shape index (κ3) is 7.99. The van der Waals surface area contributed by atoms with Crippen LogP contribution in [0.1, 0.15) is 5.56 Å². The summed E-state index contributed by atoms with van der Waals surface area (Å²) in [6.07, 6.45) is 0. The molecule has 0 amide bonds. The lowest BCUT2D eigenvalue weighted by Crippen LogP contribution is -2.41. The molecule has 307 valence electrons. The van der Waals surface area contributed by atoms with E-state index in [2.05, 4.69) is 278 Å². The smallest absolute Gasteiger partial charge is 0.197 e. The van der Waals surface area contributed by atoms with Crippen LogP contribution in [-0.4, -0.2) is 7.28 Å². The van der Waals surface area contributed by atoms with Gasteiger partial charge in [0.1, 0.15) is 0 Å². The zero-order valence-corrected chi connectivity index (χ0v) is 36.1. The molecular formula is C61H45BN3.